The van der Waals surface area contributed by atoms with Crippen molar-refractivity contribution in [2.24, 2.45) is 0 Å². The zero-order chi connectivity index (χ0) is 19.1. The molecule has 0 spiro atoms. The number of halogens is 2. The number of alkyl halides is 2. The number of likely N-dealkylation sites (tertiary alicyclic amines) is 1. The van der Waals surface area contributed by atoms with Gasteiger partial charge in [-0.2, -0.15) is 0 Å². The minimum absolute atomic E-state index is 0.0430. The lowest BCUT2D eigenvalue weighted by atomic mass is 10.1. The summed E-state index contributed by atoms with van der Waals surface area (Å²) in [5.74, 6) is 1.62. The van der Waals surface area contributed by atoms with Crippen molar-refractivity contribution < 1.29 is 13.6 Å². The Morgan fingerprint density at radius 2 is 1.74 bits per heavy atom. The van der Waals surface area contributed by atoms with Crippen LogP contribution in [0.3, 0.4) is 0 Å². The molecule has 27 heavy (non-hydrogen) atoms. The van der Waals surface area contributed by atoms with Gasteiger partial charge in [0.1, 0.15) is 17.3 Å². The third kappa shape index (κ3) is 3.77. The maximum absolute atomic E-state index is 13.2. The van der Waals surface area contributed by atoms with Crippen LogP contribution in [0.2, 0.25) is 0 Å². The summed E-state index contributed by atoms with van der Waals surface area (Å²) in [7, 11) is 0. The molecule has 148 valence electrons. The summed E-state index contributed by atoms with van der Waals surface area (Å²) >= 11 is 0. The Morgan fingerprint density at radius 1 is 1.04 bits per heavy atom. The van der Waals surface area contributed by atoms with E-state index >= 15 is 0 Å². The first-order valence-corrected chi connectivity index (χ1v) is 9.90. The van der Waals surface area contributed by atoms with Gasteiger partial charge in [-0.25, -0.2) is 18.7 Å². The summed E-state index contributed by atoms with van der Waals surface area (Å²) in [6, 6.07) is 1.62. The minimum atomic E-state index is -2.58. The standard InChI is InChI=1S/C19H27F2N5O/c1-12(2)26-6-5-15(19(26)27)24-7-9-25(10-8-24)16-11-14(17(20)21)22-18(23-16)13-3-4-13/h11-13,15,17H,3-10H2,1-2H3. The van der Waals surface area contributed by atoms with Gasteiger partial charge in [0.15, 0.2) is 0 Å². The number of rotatable bonds is 5. The average molecular weight is 379 g/mol. The fourth-order valence-electron chi connectivity index (χ4n) is 4.07. The Morgan fingerprint density at radius 3 is 2.30 bits per heavy atom. The van der Waals surface area contributed by atoms with Gasteiger partial charge in [-0.3, -0.25) is 9.69 Å². The highest BCUT2D eigenvalue weighted by atomic mass is 19.3. The fourth-order valence-corrected chi connectivity index (χ4v) is 4.07. The molecule has 3 heterocycles. The second-order valence-corrected chi connectivity index (χ2v) is 8.04. The lowest BCUT2D eigenvalue weighted by Gasteiger charge is -2.38. The van der Waals surface area contributed by atoms with E-state index in [1.54, 1.807) is 0 Å². The summed E-state index contributed by atoms with van der Waals surface area (Å²) in [4.78, 5) is 27.5. The Labute approximate surface area is 158 Å². The molecular weight excluding hydrogens is 352 g/mol. The Bertz CT molecular complexity index is 681. The van der Waals surface area contributed by atoms with Crippen molar-refractivity contribution in [3.63, 3.8) is 0 Å². The quantitative estimate of drug-likeness (QED) is 0.787. The van der Waals surface area contributed by atoms with Crippen LogP contribution < -0.4 is 4.90 Å². The lowest BCUT2D eigenvalue weighted by Crippen LogP contribution is -2.53. The number of anilines is 1. The van der Waals surface area contributed by atoms with Crippen LogP contribution in [0.25, 0.3) is 0 Å². The first-order valence-electron chi connectivity index (χ1n) is 9.90. The number of piperazine rings is 1. The first-order chi connectivity index (χ1) is 12.9. The van der Waals surface area contributed by atoms with Crippen molar-refractivity contribution in [1.82, 2.24) is 19.8 Å². The minimum Gasteiger partial charge on any atom is -0.354 e. The van der Waals surface area contributed by atoms with Crippen LogP contribution in [-0.2, 0) is 4.79 Å². The Kier molecular flexibility index (Phi) is 5.01. The van der Waals surface area contributed by atoms with Gasteiger partial charge < -0.3 is 9.80 Å². The molecule has 1 atom stereocenters. The van der Waals surface area contributed by atoms with Crippen LogP contribution in [0.15, 0.2) is 6.07 Å². The van der Waals surface area contributed by atoms with Gasteiger partial charge >= 0.3 is 0 Å². The van der Waals surface area contributed by atoms with Crippen LogP contribution in [0.1, 0.15) is 57.0 Å². The molecule has 2 aliphatic heterocycles. The van der Waals surface area contributed by atoms with E-state index in [-0.39, 0.29) is 29.6 Å². The van der Waals surface area contributed by atoms with Crippen LogP contribution in [0, 0.1) is 0 Å². The van der Waals surface area contributed by atoms with Gasteiger partial charge in [0.25, 0.3) is 6.43 Å². The molecule has 0 bridgehead atoms. The van der Waals surface area contributed by atoms with Gasteiger partial charge in [0, 0.05) is 50.7 Å². The van der Waals surface area contributed by atoms with Crippen LogP contribution >= 0.6 is 0 Å². The van der Waals surface area contributed by atoms with Gasteiger partial charge in [0.05, 0.1) is 6.04 Å². The molecule has 1 amide bonds. The highest BCUT2D eigenvalue weighted by molar-refractivity contribution is 5.84. The fraction of sp³-hybridized carbons (Fsp3) is 0.737. The summed E-state index contributed by atoms with van der Waals surface area (Å²) in [6.45, 7) is 7.78. The van der Waals surface area contributed by atoms with E-state index in [0.29, 0.717) is 24.7 Å². The van der Waals surface area contributed by atoms with Gasteiger partial charge in [0.2, 0.25) is 5.91 Å². The van der Waals surface area contributed by atoms with Gasteiger partial charge in [-0.1, -0.05) is 0 Å². The summed E-state index contributed by atoms with van der Waals surface area (Å²) in [6.07, 6.45) is 0.251. The van der Waals surface area contributed by atoms with Crippen molar-refractivity contribution in [2.75, 3.05) is 37.6 Å². The third-order valence-corrected chi connectivity index (χ3v) is 5.83. The molecular formula is C19H27F2N5O. The topological polar surface area (TPSA) is 52.6 Å². The average Bonchev–Trinajstić information content (AvgIpc) is 3.43. The van der Waals surface area contributed by atoms with E-state index in [0.717, 1.165) is 38.9 Å². The molecule has 8 heteroatoms. The van der Waals surface area contributed by atoms with Crippen molar-refractivity contribution >= 4 is 11.7 Å². The largest absolute Gasteiger partial charge is 0.354 e. The van der Waals surface area contributed by atoms with E-state index in [9.17, 15) is 13.6 Å². The highest BCUT2D eigenvalue weighted by Crippen LogP contribution is 2.39. The zero-order valence-corrected chi connectivity index (χ0v) is 15.9. The van der Waals surface area contributed by atoms with Crippen molar-refractivity contribution in [1.29, 1.82) is 0 Å². The SMILES string of the molecule is CC(C)N1CCC(N2CCN(c3cc(C(F)F)nc(C4CC4)n3)CC2)C1=O. The van der Waals surface area contributed by atoms with E-state index < -0.39 is 6.43 Å². The lowest BCUT2D eigenvalue weighted by molar-refractivity contribution is -0.133. The smallest absolute Gasteiger partial charge is 0.280 e. The molecule has 0 N–H and O–H groups in total. The molecule has 1 aliphatic carbocycles. The van der Waals surface area contributed by atoms with E-state index in [2.05, 4.69) is 19.8 Å². The van der Waals surface area contributed by atoms with E-state index in [1.807, 2.05) is 18.7 Å². The molecule has 6 nitrogen and oxygen atoms in total. The van der Waals surface area contributed by atoms with Crippen molar-refractivity contribution in [3.8, 4) is 0 Å². The molecule has 0 radical (unpaired) electrons. The third-order valence-electron chi connectivity index (χ3n) is 5.83. The predicted octanol–water partition coefficient (Wildman–Crippen LogP) is 2.42. The molecule has 1 saturated carbocycles. The van der Waals surface area contributed by atoms with Crippen molar-refractivity contribution in [3.05, 3.63) is 17.6 Å². The summed E-state index contributed by atoms with van der Waals surface area (Å²) in [5, 5.41) is 0. The predicted molar refractivity (Wildman–Crippen MR) is 98.0 cm³/mol. The number of amides is 1. The molecule has 3 aliphatic rings. The summed E-state index contributed by atoms with van der Waals surface area (Å²) < 4.78 is 26.5. The molecule has 1 aromatic rings. The highest BCUT2D eigenvalue weighted by Gasteiger charge is 2.38. The second-order valence-electron chi connectivity index (χ2n) is 8.04. The molecule has 2 saturated heterocycles. The number of hydrogen-bond acceptors (Lipinski definition) is 5. The van der Waals surface area contributed by atoms with E-state index in [1.165, 1.54) is 6.07 Å². The van der Waals surface area contributed by atoms with Crippen LogP contribution in [0.5, 0.6) is 0 Å². The van der Waals surface area contributed by atoms with Crippen LogP contribution in [-0.4, -0.2) is 70.5 Å². The van der Waals surface area contributed by atoms with Crippen LogP contribution in [0.4, 0.5) is 14.6 Å². The molecule has 1 unspecified atom stereocenters. The molecule has 0 aromatic carbocycles. The Balaban J connectivity index is 1.43. The normalized spacial score (nSPS) is 24.5. The summed E-state index contributed by atoms with van der Waals surface area (Å²) in [5.41, 5.74) is -0.178. The number of carbonyl (C=O) groups excluding carboxylic acids is 1. The van der Waals surface area contributed by atoms with Gasteiger partial charge in [-0.05, 0) is 33.1 Å². The number of hydrogen-bond donors (Lipinski definition) is 0. The Hall–Kier alpha value is -1.83. The zero-order valence-electron chi connectivity index (χ0n) is 15.9. The maximum Gasteiger partial charge on any atom is 0.280 e. The number of nitrogens with zero attached hydrogens (tertiary/aromatic N) is 5. The number of carbonyl (C=O) groups is 1. The van der Waals surface area contributed by atoms with E-state index in [4.69, 9.17) is 0 Å². The first kappa shape index (κ1) is 18.5. The van der Waals surface area contributed by atoms with Gasteiger partial charge in [-0.15, -0.1) is 0 Å². The molecule has 3 fully saturated rings. The maximum atomic E-state index is 13.2. The monoisotopic (exact) mass is 379 g/mol. The number of aromatic nitrogens is 2. The molecule has 4 rings (SSSR count). The molecule has 1 aromatic heterocycles. The van der Waals surface area contributed by atoms with Crippen molar-refractivity contribution in [2.45, 2.75) is 57.5 Å². The second kappa shape index (κ2) is 7.30.